The van der Waals surface area contributed by atoms with Crippen molar-refractivity contribution < 1.29 is 4.79 Å². The minimum Gasteiger partial charge on any atom is -0.334 e. The fourth-order valence-electron chi connectivity index (χ4n) is 3.37. The molecule has 0 saturated carbocycles. The minimum absolute atomic E-state index is 0.0945. The molecule has 0 aliphatic heterocycles. The van der Waals surface area contributed by atoms with Crippen LogP contribution in [0.2, 0.25) is 0 Å². The monoisotopic (exact) mass is 367 g/mol. The van der Waals surface area contributed by atoms with Crippen molar-refractivity contribution in [1.82, 2.24) is 14.9 Å². The molecule has 0 saturated heterocycles. The van der Waals surface area contributed by atoms with E-state index in [9.17, 15) is 4.79 Å². The Balaban J connectivity index is 1.60. The van der Waals surface area contributed by atoms with Crippen LogP contribution in [-0.4, -0.2) is 20.8 Å². The van der Waals surface area contributed by atoms with E-state index in [1.54, 1.807) is 18.6 Å². The molecule has 0 bridgehead atoms. The van der Waals surface area contributed by atoms with Gasteiger partial charge >= 0.3 is 0 Å². The lowest BCUT2D eigenvalue weighted by atomic mass is 10.0. The lowest BCUT2D eigenvalue weighted by Gasteiger charge is -2.23. The summed E-state index contributed by atoms with van der Waals surface area (Å²) in [5, 5.41) is 2.28. The first-order valence-corrected chi connectivity index (χ1v) is 9.32. The summed E-state index contributed by atoms with van der Waals surface area (Å²) in [4.78, 5) is 23.4. The van der Waals surface area contributed by atoms with Crippen LogP contribution < -0.4 is 0 Å². The van der Waals surface area contributed by atoms with Gasteiger partial charge in [-0.3, -0.25) is 14.8 Å². The molecule has 4 nitrogen and oxygen atoms in total. The largest absolute Gasteiger partial charge is 0.334 e. The van der Waals surface area contributed by atoms with Crippen LogP contribution in [-0.2, 0) is 24.3 Å². The van der Waals surface area contributed by atoms with Gasteiger partial charge in [0.25, 0.3) is 0 Å². The van der Waals surface area contributed by atoms with Gasteiger partial charge in [0.1, 0.15) is 0 Å². The van der Waals surface area contributed by atoms with Crippen LogP contribution >= 0.6 is 0 Å². The number of rotatable bonds is 6. The van der Waals surface area contributed by atoms with Crippen molar-refractivity contribution in [2.75, 3.05) is 0 Å². The highest BCUT2D eigenvalue weighted by Crippen LogP contribution is 2.20. The molecule has 28 heavy (non-hydrogen) atoms. The number of aromatic nitrogens is 2. The maximum absolute atomic E-state index is 13.3. The van der Waals surface area contributed by atoms with Crippen molar-refractivity contribution >= 4 is 16.7 Å². The Morgan fingerprint density at radius 2 is 1.54 bits per heavy atom. The SMILES string of the molecule is O=C(Cc1cccc2ccccc12)N(Cc1ccncc1)Cc1cccnc1. The van der Waals surface area contributed by atoms with Crippen molar-refractivity contribution in [3.05, 3.63) is 108 Å². The van der Waals surface area contributed by atoms with E-state index in [4.69, 9.17) is 0 Å². The van der Waals surface area contributed by atoms with Crippen molar-refractivity contribution in [3.63, 3.8) is 0 Å². The predicted octanol–water partition coefficient (Wildman–Crippen LogP) is 4.40. The van der Waals surface area contributed by atoms with Gasteiger partial charge in [0.2, 0.25) is 5.91 Å². The summed E-state index contributed by atoms with van der Waals surface area (Å²) < 4.78 is 0. The van der Waals surface area contributed by atoms with Crippen LogP contribution in [0.25, 0.3) is 10.8 Å². The first-order valence-electron chi connectivity index (χ1n) is 9.32. The summed E-state index contributed by atoms with van der Waals surface area (Å²) in [7, 11) is 0. The van der Waals surface area contributed by atoms with Crippen LogP contribution in [0.15, 0.2) is 91.5 Å². The molecule has 2 heterocycles. The predicted molar refractivity (Wildman–Crippen MR) is 110 cm³/mol. The first-order chi connectivity index (χ1) is 13.8. The van der Waals surface area contributed by atoms with Crippen LogP contribution in [0.3, 0.4) is 0 Å². The Hall–Kier alpha value is -3.53. The van der Waals surface area contributed by atoms with Gasteiger partial charge in [-0.15, -0.1) is 0 Å². The molecule has 0 aliphatic rings. The number of nitrogens with zero attached hydrogens (tertiary/aromatic N) is 3. The maximum atomic E-state index is 13.3. The van der Waals surface area contributed by atoms with Crippen LogP contribution in [0.1, 0.15) is 16.7 Å². The highest BCUT2D eigenvalue weighted by Gasteiger charge is 2.16. The van der Waals surface area contributed by atoms with Crippen LogP contribution in [0.4, 0.5) is 0 Å². The van der Waals surface area contributed by atoms with E-state index in [1.165, 1.54) is 0 Å². The highest BCUT2D eigenvalue weighted by atomic mass is 16.2. The molecule has 4 rings (SSSR count). The first kappa shape index (κ1) is 17.9. The van der Waals surface area contributed by atoms with E-state index in [0.717, 1.165) is 27.5 Å². The highest BCUT2D eigenvalue weighted by molar-refractivity contribution is 5.90. The van der Waals surface area contributed by atoms with Gasteiger partial charge in [-0.25, -0.2) is 0 Å². The Morgan fingerprint density at radius 1 is 0.750 bits per heavy atom. The van der Waals surface area contributed by atoms with Gasteiger partial charge in [-0.05, 0) is 45.7 Å². The average molecular weight is 367 g/mol. The summed E-state index contributed by atoms with van der Waals surface area (Å²) in [5.74, 6) is 0.0945. The quantitative estimate of drug-likeness (QED) is 0.507. The van der Waals surface area contributed by atoms with Crippen LogP contribution in [0, 0.1) is 0 Å². The molecule has 4 aromatic rings. The van der Waals surface area contributed by atoms with Gasteiger partial charge in [0.15, 0.2) is 0 Å². The summed E-state index contributed by atoms with van der Waals surface area (Å²) in [6.45, 7) is 1.07. The zero-order valence-corrected chi connectivity index (χ0v) is 15.5. The number of carbonyl (C=O) groups is 1. The molecule has 0 fully saturated rings. The smallest absolute Gasteiger partial charge is 0.227 e. The molecule has 0 aliphatic carbocycles. The zero-order chi connectivity index (χ0) is 19.2. The molecule has 2 aromatic heterocycles. The van der Waals surface area contributed by atoms with E-state index in [1.807, 2.05) is 59.6 Å². The number of pyridine rings is 2. The number of amides is 1. The average Bonchev–Trinajstić information content (AvgIpc) is 2.75. The Labute approximate surface area is 164 Å². The van der Waals surface area contributed by atoms with Gasteiger partial charge < -0.3 is 4.90 Å². The van der Waals surface area contributed by atoms with E-state index in [2.05, 4.69) is 28.2 Å². The summed E-state index contributed by atoms with van der Waals surface area (Å²) >= 11 is 0. The molecule has 0 radical (unpaired) electrons. The molecule has 2 aromatic carbocycles. The summed E-state index contributed by atoms with van der Waals surface area (Å²) in [5.41, 5.74) is 3.13. The van der Waals surface area contributed by atoms with Crippen molar-refractivity contribution in [2.24, 2.45) is 0 Å². The van der Waals surface area contributed by atoms with Crippen molar-refractivity contribution in [3.8, 4) is 0 Å². The molecular formula is C24H21N3O. The van der Waals surface area contributed by atoms with Gasteiger partial charge in [-0.1, -0.05) is 48.5 Å². The number of benzene rings is 2. The lowest BCUT2D eigenvalue weighted by Crippen LogP contribution is -2.31. The standard InChI is InChI=1S/C24H21N3O/c28-24(15-22-8-3-7-21-6-1-2-9-23(21)22)27(17-19-10-13-25-14-11-19)18-20-5-4-12-26-16-20/h1-14,16H,15,17-18H2. The number of carbonyl (C=O) groups excluding carboxylic acids is 1. The lowest BCUT2D eigenvalue weighted by molar-refractivity contribution is -0.131. The molecule has 0 unspecified atom stereocenters. The molecule has 0 atom stereocenters. The van der Waals surface area contributed by atoms with E-state index in [0.29, 0.717) is 19.5 Å². The normalized spacial score (nSPS) is 10.7. The van der Waals surface area contributed by atoms with E-state index < -0.39 is 0 Å². The number of hydrogen-bond acceptors (Lipinski definition) is 3. The summed E-state index contributed by atoms with van der Waals surface area (Å²) in [6.07, 6.45) is 7.44. The minimum atomic E-state index is 0.0945. The van der Waals surface area contributed by atoms with Gasteiger partial charge in [0.05, 0.1) is 6.42 Å². The topological polar surface area (TPSA) is 46.1 Å². The van der Waals surface area contributed by atoms with Crippen molar-refractivity contribution in [1.29, 1.82) is 0 Å². The van der Waals surface area contributed by atoms with Crippen LogP contribution in [0.5, 0.6) is 0 Å². The molecule has 1 amide bonds. The molecule has 138 valence electrons. The second-order valence-corrected chi connectivity index (χ2v) is 6.78. The number of hydrogen-bond donors (Lipinski definition) is 0. The van der Waals surface area contributed by atoms with Gasteiger partial charge in [-0.2, -0.15) is 0 Å². The van der Waals surface area contributed by atoms with E-state index >= 15 is 0 Å². The third-order valence-electron chi connectivity index (χ3n) is 4.79. The zero-order valence-electron chi connectivity index (χ0n) is 15.5. The molecule has 0 N–H and O–H groups in total. The third-order valence-corrected chi connectivity index (χ3v) is 4.79. The fourth-order valence-corrected chi connectivity index (χ4v) is 3.37. The second-order valence-electron chi connectivity index (χ2n) is 6.78. The fraction of sp³-hybridized carbons (Fsp3) is 0.125. The second kappa shape index (κ2) is 8.44. The Morgan fingerprint density at radius 3 is 2.36 bits per heavy atom. The third kappa shape index (κ3) is 4.23. The summed E-state index contributed by atoms with van der Waals surface area (Å²) in [6, 6.07) is 22.1. The van der Waals surface area contributed by atoms with Gasteiger partial charge in [0, 0.05) is 37.9 Å². The molecular weight excluding hydrogens is 346 g/mol. The number of fused-ring (bicyclic) bond motifs is 1. The van der Waals surface area contributed by atoms with Crippen molar-refractivity contribution in [2.45, 2.75) is 19.5 Å². The Bertz CT molecular complexity index is 1020. The molecule has 0 spiro atoms. The Kier molecular flexibility index (Phi) is 5.38. The maximum Gasteiger partial charge on any atom is 0.227 e. The molecule has 4 heteroatoms. The van der Waals surface area contributed by atoms with E-state index in [-0.39, 0.29) is 5.91 Å².